The molecule has 2 atom stereocenters. The number of sulfone groups is 1. The smallest absolute Gasteiger partial charge is 0.214 e. The van der Waals surface area contributed by atoms with Crippen LogP contribution in [0.5, 0.6) is 0 Å². The van der Waals surface area contributed by atoms with Crippen LogP contribution in [0.3, 0.4) is 0 Å². The second kappa shape index (κ2) is 5.64. The zero-order valence-electron chi connectivity index (χ0n) is 12.2. The van der Waals surface area contributed by atoms with Crippen LogP contribution in [0.1, 0.15) is 11.1 Å². The lowest BCUT2D eigenvalue weighted by atomic mass is 10.1. The third-order valence-electron chi connectivity index (χ3n) is 3.56. The Morgan fingerprint density at radius 3 is 2.77 bits per heavy atom. The molecule has 0 amide bonds. The summed E-state index contributed by atoms with van der Waals surface area (Å²) in [6.45, 7) is 3.94. The number of aliphatic hydroxyl groups is 1. The van der Waals surface area contributed by atoms with Crippen molar-refractivity contribution in [2.45, 2.75) is 30.4 Å². The van der Waals surface area contributed by atoms with E-state index in [-0.39, 0.29) is 11.5 Å². The molecule has 1 N–H and O–H groups in total. The lowest BCUT2D eigenvalue weighted by Gasteiger charge is -2.12. The molecule has 118 valence electrons. The van der Waals surface area contributed by atoms with Gasteiger partial charge in [-0.25, -0.2) is 8.42 Å². The largest absolute Gasteiger partial charge is 0.391 e. The second-order valence-corrected chi connectivity index (χ2v) is 8.82. The molecule has 0 spiro atoms. The van der Waals surface area contributed by atoms with E-state index in [2.05, 4.69) is 15.5 Å². The van der Waals surface area contributed by atoms with Crippen molar-refractivity contribution in [1.82, 2.24) is 20.2 Å². The standard InChI is InChI=1S/C13H16N4O3S2/c1-8-3-4-9(2)10(5-8)17-13(14-15-16-17)21-12-7-22(19,20)6-11(12)18/h3-5,11-12,18H,6-7H2,1-2H3/t11-,12-/m1/s1. The van der Waals surface area contributed by atoms with Gasteiger partial charge in [-0.1, -0.05) is 23.9 Å². The Bertz CT molecular complexity index is 803. The molecule has 0 saturated carbocycles. The molecule has 1 aliphatic rings. The Morgan fingerprint density at radius 1 is 1.32 bits per heavy atom. The molecule has 7 nitrogen and oxygen atoms in total. The van der Waals surface area contributed by atoms with Crippen molar-refractivity contribution in [1.29, 1.82) is 0 Å². The Morgan fingerprint density at radius 2 is 2.09 bits per heavy atom. The SMILES string of the molecule is Cc1ccc(C)c(-n2nnnc2S[C@@H]2CS(=O)(=O)C[C@H]2O)c1. The van der Waals surface area contributed by atoms with Crippen molar-refractivity contribution < 1.29 is 13.5 Å². The van der Waals surface area contributed by atoms with Gasteiger partial charge >= 0.3 is 0 Å². The van der Waals surface area contributed by atoms with E-state index < -0.39 is 21.2 Å². The quantitative estimate of drug-likeness (QED) is 0.870. The van der Waals surface area contributed by atoms with Crippen LogP contribution < -0.4 is 0 Å². The van der Waals surface area contributed by atoms with Crippen LogP contribution in [-0.4, -0.2) is 56.6 Å². The highest BCUT2D eigenvalue weighted by atomic mass is 32.2. The number of hydrogen-bond acceptors (Lipinski definition) is 7. The first kappa shape index (κ1) is 15.4. The maximum Gasteiger partial charge on any atom is 0.214 e. The first-order valence-corrected chi connectivity index (χ1v) is 9.47. The predicted molar refractivity (Wildman–Crippen MR) is 82.9 cm³/mol. The number of nitrogens with zero attached hydrogens (tertiary/aromatic N) is 4. The minimum Gasteiger partial charge on any atom is -0.391 e. The minimum atomic E-state index is -3.19. The number of tetrazole rings is 1. The Labute approximate surface area is 132 Å². The van der Waals surface area contributed by atoms with E-state index >= 15 is 0 Å². The van der Waals surface area contributed by atoms with Crippen molar-refractivity contribution >= 4 is 21.6 Å². The molecule has 9 heteroatoms. The lowest BCUT2D eigenvalue weighted by molar-refractivity contribution is 0.207. The number of thioether (sulfide) groups is 1. The molecule has 1 aliphatic heterocycles. The summed E-state index contributed by atoms with van der Waals surface area (Å²) in [6.07, 6.45) is -0.890. The summed E-state index contributed by atoms with van der Waals surface area (Å²) in [6, 6.07) is 5.95. The summed E-state index contributed by atoms with van der Waals surface area (Å²) >= 11 is 1.20. The van der Waals surface area contributed by atoms with Crippen LogP contribution in [0.4, 0.5) is 0 Å². The molecule has 3 rings (SSSR count). The molecular weight excluding hydrogens is 324 g/mol. The summed E-state index contributed by atoms with van der Waals surface area (Å²) < 4.78 is 24.8. The van der Waals surface area contributed by atoms with Crippen molar-refractivity contribution in [3.8, 4) is 5.69 Å². The first-order valence-electron chi connectivity index (χ1n) is 6.77. The Kier molecular flexibility index (Phi) is 3.96. The van der Waals surface area contributed by atoms with Gasteiger partial charge in [0.05, 0.1) is 28.5 Å². The molecule has 1 saturated heterocycles. The van der Waals surface area contributed by atoms with Gasteiger partial charge in [0.2, 0.25) is 5.16 Å². The van der Waals surface area contributed by atoms with Gasteiger partial charge in [-0.2, -0.15) is 4.68 Å². The van der Waals surface area contributed by atoms with Gasteiger partial charge in [-0.3, -0.25) is 0 Å². The van der Waals surface area contributed by atoms with E-state index in [1.165, 1.54) is 11.8 Å². The summed E-state index contributed by atoms with van der Waals surface area (Å²) in [5, 5.41) is 21.6. The number of benzene rings is 1. The maximum atomic E-state index is 11.6. The van der Waals surface area contributed by atoms with Crippen molar-refractivity contribution in [2.24, 2.45) is 0 Å². The van der Waals surface area contributed by atoms with E-state index in [9.17, 15) is 13.5 Å². The summed E-state index contributed by atoms with van der Waals surface area (Å²) in [5.74, 6) is -0.256. The van der Waals surface area contributed by atoms with E-state index in [0.29, 0.717) is 5.16 Å². The van der Waals surface area contributed by atoms with Gasteiger partial charge < -0.3 is 5.11 Å². The van der Waals surface area contributed by atoms with Crippen LogP contribution in [0, 0.1) is 13.8 Å². The average molecular weight is 340 g/mol. The summed E-state index contributed by atoms with van der Waals surface area (Å²) in [7, 11) is -3.19. The summed E-state index contributed by atoms with van der Waals surface area (Å²) in [4.78, 5) is 0. The number of aromatic nitrogens is 4. The molecule has 1 aromatic heterocycles. The third-order valence-corrected chi connectivity index (χ3v) is 6.74. The molecular formula is C13H16N4O3S2. The number of hydrogen-bond donors (Lipinski definition) is 1. The molecule has 0 bridgehead atoms. The van der Waals surface area contributed by atoms with Gasteiger partial charge in [-0.15, -0.1) is 5.10 Å². The molecule has 0 aliphatic carbocycles. The number of rotatable bonds is 3. The van der Waals surface area contributed by atoms with E-state index in [1.807, 2.05) is 32.0 Å². The van der Waals surface area contributed by atoms with Crippen LogP contribution in [-0.2, 0) is 9.84 Å². The average Bonchev–Trinajstić information content (AvgIpc) is 2.97. The predicted octanol–water partition coefficient (Wildman–Crippen LogP) is 0.529. The molecule has 0 unspecified atom stereocenters. The highest BCUT2D eigenvalue weighted by Crippen LogP contribution is 2.31. The van der Waals surface area contributed by atoms with Crippen molar-refractivity contribution in [3.63, 3.8) is 0 Å². The number of aliphatic hydroxyl groups excluding tert-OH is 1. The van der Waals surface area contributed by atoms with Gasteiger partial charge in [0.1, 0.15) is 0 Å². The van der Waals surface area contributed by atoms with Crippen LogP contribution in [0.15, 0.2) is 23.4 Å². The highest BCUT2D eigenvalue weighted by Gasteiger charge is 2.38. The zero-order chi connectivity index (χ0) is 15.9. The van der Waals surface area contributed by atoms with Gasteiger partial charge in [-0.05, 0) is 41.5 Å². The minimum absolute atomic E-state index is 0.0571. The van der Waals surface area contributed by atoms with E-state index in [4.69, 9.17) is 0 Å². The van der Waals surface area contributed by atoms with Gasteiger partial charge in [0.15, 0.2) is 9.84 Å². The molecule has 1 fully saturated rings. The zero-order valence-corrected chi connectivity index (χ0v) is 13.8. The topological polar surface area (TPSA) is 98.0 Å². The van der Waals surface area contributed by atoms with Gasteiger partial charge in [0, 0.05) is 0 Å². The Hall–Kier alpha value is -1.45. The van der Waals surface area contributed by atoms with Gasteiger partial charge in [0.25, 0.3) is 0 Å². The van der Waals surface area contributed by atoms with Crippen molar-refractivity contribution in [2.75, 3.05) is 11.5 Å². The van der Waals surface area contributed by atoms with Crippen molar-refractivity contribution in [3.05, 3.63) is 29.3 Å². The maximum absolute atomic E-state index is 11.6. The molecule has 1 aromatic carbocycles. The van der Waals surface area contributed by atoms with Crippen LogP contribution >= 0.6 is 11.8 Å². The van der Waals surface area contributed by atoms with Crippen LogP contribution in [0.2, 0.25) is 0 Å². The summed E-state index contributed by atoms with van der Waals surface area (Å²) in [5.41, 5.74) is 2.94. The van der Waals surface area contributed by atoms with E-state index in [1.54, 1.807) is 4.68 Å². The molecule has 2 aromatic rings. The molecule has 0 radical (unpaired) electrons. The second-order valence-electron chi connectivity index (χ2n) is 5.46. The number of aryl methyl sites for hydroxylation is 2. The normalized spacial score (nSPS) is 23.8. The monoisotopic (exact) mass is 340 g/mol. The van der Waals surface area contributed by atoms with Crippen LogP contribution in [0.25, 0.3) is 5.69 Å². The fraction of sp³-hybridized carbons (Fsp3) is 0.462. The Balaban J connectivity index is 1.92. The fourth-order valence-electron chi connectivity index (χ4n) is 2.40. The van der Waals surface area contributed by atoms with E-state index in [0.717, 1.165) is 16.8 Å². The lowest BCUT2D eigenvalue weighted by Crippen LogP contribution is -2.20. The fourth-order valence-corrected chi connectivity index (χ4v) is 5.87. The third kappa shape index (κ3) is 3.01. The molecule has 2 heterocycles. The first-order chi connectivity index (χ1) is 10.4. The highest BCUT2D eigenvalue weighted by molar-refractivity contribution is 8.01. The molecule has 22 heavy (non-hydrogen) atoms.